The van der Waals surface area contributed by atoms with E-state index >= 15 is 0 Å². The Hall–Kier alpha value is -2.84. The Morgan fingerprint density at radius 2 is 1.82 bits per heavy atom. The predicted molar refractivity (Wildman–Crippen MR) is 158 cm³/mol. The van der Waals surface area contributed by atoms with Crippen LogP contribution in [0.3, 0.4) is 0 Å². The average molecular weight is 572 g/mol. The van der Waals surface area contributed by atoms with Gasteiger partial charge in [0.05, 0.1) is 27.0 Å². The third kappa shape index (κ3) is 7.63. The third-order valence-corrected chi connectivity index (χ3v) is 8.10. The van der Waals surface area contributed by atoms with Gasteiger partial charge in [-0.15, -0.1) is 0 Å². The summed E-state index contributed by atoms with van der Waals surface area (Å²) in [5, 5.41) is 7.56. The van der Waals surface area contributed by atoms with Gasteiger partial charge in [0.15, 0.2) is 6.79 Å². The average Bonchev–Trinajstić information content (AvgIpc) is 3.37. The molecule has 2 fully saturated rings. The number of para-hydroxylation sites is 1. The quantitative estimate of drug-likeness (QED) is 0.182. The number of pyridine rings is 1. The van der Waals surface area contributed by atoms with Crippen molar-refractivity contribution < 1.29 is 14.3 Å². The van der Waals surface area contributed by atoms with Gasteiger partial charge in [0.1, 0.15) is 0 Å². The fourth-order valence-corrected chi connectivity index (χ4v) is 5.47. The number of carbonyl (C=O) groups is 1. The molecule has 1 aromatic heterocycles. The second-order valence-corrected chi connectivity index (χ2v) is 10.7. The van der Waals surface area contributed by atoms with Crippen molar-refractivity contribution in [1.82, 2.24) is 10.3 Å². The van der Waals surface area contributed by atoms with Crippen molar-refractivity contribution in [1.29, 1.82) is 0 Å². The molecule has 2 N–H and O–H groups in total. The normalized spacial score (nSPS) is 15.9. The van der Waals surface area contributed by atoms with Crippen LogP contribution in [0.1, 0.15) is 42.1 Å². The van der Waals surface area contributed by atoms with E-state index in [2.05, 4.69) is 32.7 Å². The van der Waals surface area contributed by atoms with E-state index in [1.807, 2.05) is 32.3 Å². The molecule has 0 radical (unpaired) electrons. The molecule has 208 valence electrons. The van der Waals surface area contributed by atoms with Crippen LogP contribution in [0.15, 0.2) is 60.9 Å². The van der Waals surface area contributed by atoms with Crippen LogP contribution in [0.4, 0.5) is 17.1 Å². The number of anilines is 3. The molecule has 2 aliphatic rings. The maximum atomic E-state index is 12.2. The van der Waals surface area contributed by atoms with Crippen molar-refractivity contribution in [3.63, 3.8) is 0 Å². The summed E-state index contributed by atoms with van der Waals surface area (Å²) in [4.78, 5) is 18.8. The van der Waals surface area contributed by atoms with Gasteiger partial charge in [-0.1, -0.05) is 41.4 Å². The number of benzene rings is 2. The number of hydrogen-bond acceptors (Lipinski definition) is 7. The number of carbonyl (C=O) groups excluding carboxylic acids is 1. The highest BCUT2D eigenvalue weighted by Gasteiger charge is 2.38. The van der Waals surface area contributed by atoms with Crippen LogP contribution >= 0.6 is 23.2 Å². The lowest BCUT2D eigenvalue weighted by molar-refractivity contribution is -0.0273. The summed E-state index contributed by atoms with van der Waals surface area (Å²) in [5.74, 6) is -0.485. The van der Waals surface area contributed by atoms with E-state index in [1.165, 1.54) is 51.1 Å². The lowest BCUT2D eigenvalue weighted by Gasteiger charge is -2.34. The molecule has 5 rings (SSSR count). The Kier molecular flexibility index (Phi) is 10.5. The second kappa shape index (κ2) is 14.0. The number of halogens is 2. The van der Waals surface area contributed by atoms with E-state index in [4.69, 9.17) is 32.7 Å². The summed E-state index contributed by atoms with van der Waals surface area (Å²) in [6.07, 6.45) is 7.83. The molecule has 2 saturated heterocycles. The van der Waals surface area contributed by atoms with E-state index in [0.717, 1.165) is 5.56 Å². The first-order chi connectivity index (χ1) is 18.9. The SMILES string of the molecule is CCOCOC(=O)c1ccccc1Nc1c(Cl)ccc(C)c1Cl.c1cc(N2CCC3(CCNCC3)C2)ccn1. The van der Waals surface area contributed by atoms with Crippen LogP contribution in [-0.2, 0) is 9.47 Å². The molecule has 0 aliphatic carbocycles. The monoisotopic (exact) mass is 570 g/mol. The standard InChI is InChI=1S/C17H17Cl2NO3.C13H19N3/c1-3-22-10-23-17(21)12-6-4-5-7-14(12)20-16-13(18)9-8-11(2)15(16)19;1-6-14-7-2-12(1)16-10-5-13(11-16)3-8-15-9-4-13/h4-9,20H,3,10H2,1-2H3;1-2,6-7,15H,3-5,8-11H2. The van der Waals surface area contributed by atoms with E-state index < -0.39 is 5.97 Å². The topological polar surface area (TPSA) is 75.7 Å². The number of ether oxygens (including phenoxy) is 2. The second-order valence-electron chi connectivity index (χ2n) is 9.89. The highest BCUT2D eigenvalue weighted by molar-refractivity contribution is 6.39. The van der Waals surface area contributed by atoms with Gasteiger partial charge in [0.25, 0.3) is 0 Å². The smallest absolute Gasteiger partial charge is 0.342 e. The minimum absolute atomic E-state index is 0.0877. The molecule has 3 aromatic rings. The zero-order valence-electron chi connectivity index (χ0n) is 22.5. The van der Waals surface area contributed by atoms with Crippen LogP contribution < -0.4 is 15.5 Å². The van der Waals surface area contributed by atoms with Crippen LogP contribution in [0.25, 0.3) is 0 Å². The number of aryl methyl sites for hydroxylation is 1. The van der Waals surface area contributed by atoms with E-state index in [-0.39, 0.29) is 6.79 Å². The minimum atomic E-state index is -0.485. The zero-order valence-corrected chi connectivity index (χ0v) is 24.0. The summed E-state index contributed by atoms with van der Waals surface area (Å²) in [6.45, 7) is 8.94. The lowest BCUT2D eigenvalue weighted by atomic mass is 9.78. The molecule has 9 heteroatoms. The van der Waals surface area contributed by atoms with Crippen molar-refractivity contribution in [3.05, 3.63) is 82.1 Å². The Labute approximate surface area is 240 Å². The van der Waals surface area contributed by atoms with Crippen LogP contribution in [0, 0.1) is 12.3 Å². The molecule has 0 atom stereocenters. The van der Waals surface area contributed by atoms with E-state index in [0.29, 0.717) is 39.0 Å². The number of piperidine rings is 1. The number of hydrogen-bond donors (Lipinski definition) is 2. The van der Waals surface area contributed by atoms with Crippen molar-refractivity contribution in [2.75, 3.05) is 49.8 Å². The van der Waals surface area contributed by atoms with Crippen LogP contribution in [0.2, 0.25) is 10.0 Å². The highest BCUT2D eigenvalue weighted by Crippen LogP contribution is 2.40. The molecule has 39 heavy (non-hydrogen) atoms. The lowest BCUT2D eigenvalue weighted by Crippen LogP contribution is -2.38. The van der Waals surface area contributed by atoms with Crippen molar-refractivity contribution >= 4 is 46.2 Å². The van der Waals surface area contributed by atoms with E-state index in [1.54, 1.807) is 30.3 Å². The maximum absolute atomic E-state index is 12.2. The fraction of sp³-hybridized carbons (Fsp3) is 0.400. The molecule has 0 unspecified atom stereocenters. The van der Waals surface area contributed by atoms with Gasteiger partial charge >= 0.3 is 5.97 Å². The minimum Gasteiger partial charge on any atom is -0.435 e. The van der Waals surface area contributed by atoms with Gasteiger partial charge in [-0.3, -0.25) is 4.98 Å². The number of nitrogens with zero attached hydrogens (tertiary/aromatic N) is 2. The molecule has 1 spiro atoms. The molecule has 0 bridgehead atoms. The number of rotatable bonds is 7. The summed E-state index contributed by atoms with van der Waals surface area (Å²) >= 11 is 12.5. The van der Waals surface area contributed by atoms with Gasteiger partial charge in [0, 0.05) is 37.8 Å². The Bertz CT molecular complexity index is 1240. The van der Waals surface area contributed by atoms with Crippen molar-refractivity contribution in [2.24, 2.45) is 5.41 Å². The molecule has 2 aromatic carbocycles. The third-order valence-electron chi connectivity index (χ3n) is 7.30. The Morgan fingerprint density at radius 3 is 2.56 bits per heavy atom. The first-order valence-electron chi connectivity index (χ1n) is 13.3. The highest BCUT2D eigenvalue weighted by atomic mass is 35.5. The van der Waals surface area contributed by atoms with Gasteiger partial charge in [0.2, 0.25) is 0 Å². The predicted octanol–water partition coefficient (Wildman–Crippen LogP) is 6.86. The summed E-state index contributed by atoms with van der Waals surface area (Å²) in [7, 11) is 0. The molecule has 0 saturated carbocycles. The summed E-state index contributed by atoms with van der Waals surface area (Å²) in [5.41, 5.74) is 4.30. The number of nitrogens with one attached hydrogen (secondary N) is 2. The van der Waals surface area contributed by atoms with Crippen molar-refractivity contribution in [3.8, 4) is 0 Å². The van der Waals surface area contributed by atoms with Crippen LogP contribution in [-0.4, -0.2) is 50.5 Å². The Balaban J connectivity index is 0.000000192. The van der Waals surface area contributed by atoms with Gasteiger partial charge in [-0.05, 0) is 87.5 Å². The molecule has 7 nitrogen and oxygen atoms in total. The first kappa shape index (κ1) is 29.2. The van der Waals surface area contributed by atoms with Gasteiger partial charge < -0.3 is 25.0 Å². The largest absolute Gasteiger partial charge is 0.435 e. The first-order valence-corrected chi connectivity index (χ1v) is 14.1. The van der Waals surface area contributed by atoms with Crippen LogP contribution in [0.5, 0.6) is 0 Å². The van der Waals surface area contributed by atoms with Gasteiger partial charge in [-0.25, -0.2) is 4.79 Å². The van der Waals surface area contributed by atoms with Gasteiger partial charge in [-0.2, -0.15) is 0 Å². The molecular formula is C30H36Cl2N4O3. The Morgan fingerprint density at radius 1 is 1.08 bits per heavy atom. The zero-order chi connectivity index (χ0) is 27.7. The van der Waals surface area contributed by atoms with Crippen molar-refractivity contribution in [2.45, 2.75) is 33.1 Å². The summed E-state index contributed by atoms with van der Waals surface area (Å²) < 4.78 is 10.1. The molecular weight excluding hydrogens is 535 g/mol. The number of aromatic nitrogens is 1. The maximum Gasteiger partial charge on any atom is 0.342 e. The fourth-order valence-electron chi connectivity index (χ4n) is 5.01. The number of esters is 1. The molecule has 0 amide bonds. The van der Waals surface area contributed by atoms with E-state index in [9.17, 15) is 4.79 Å². The molecule has 2 aliphatic heterocycles. The molecule has 3 heterocycles. The summed E-state index contributed by atoms with van der Waals surface area (Å²) in [6, 6.07) is 14.8.